The van der Waals surface area contributed by atoms with Crippen molar-refractivity contribution >= 4 is 17.9 Å². The molecule has 0 aliphatic carbocycles. The van der Waals surface area contributed by atoms with Crippen LogP contribution in [-0.2, 0) is 11.8 Å². The molecule has 2 aromatic rings. The molecule has 2 N–H and O–H groups in total. The summed E-state index contributed by atoms with van der Waals surface area (Å²) in [5, 5.41) is 9.83. The first-order chi connectivity index (χ1) is 12.1. The van der Waals surface area contributed by atoms with Crippen molar-refractivity contribution < 1.29 is 14.3 Å². The zero-order valence-corrected chi connectivity index (χ0v) is 13.9. The van der Waals surface area contributed by atoms with E-state index in [2.05, 4.69) is 20.7 Å². The van der Waals surface area contributed by atoms with E-state index in [-0.39, 0.29) is 12.1 Å². The summed E-state index contributed by atoms with van der Waals surface area (Å²) in [5.74, 6) is 0.564. The summed E-state index contributed by atoms with van der Waals surface area (Å²) in [6.07, 6.45) is 3.88. The first-order valence-electron chi connectivity index (χ1n) is 8.04. The number of nitrogens with zero attached hydrogens (tertiary/aromatic N) is 4. The Hall–Kier alpha value is -3.10. The average molecular weight is 344 g/mol. The maximum absolute atomic E-state index is 12.0. The van der Waals surface area contributed by atoms with Crippen molar-refractivity contribution in [2.75, 3.05) is 31.6 Å². The van der Waals surface area contributed by atoms with E-state index in [0.29, 0.717) is 32.1 Å². The number of hydrogen-bond donors (Lipinski definition) is 2. The Balaban J connectivity index is 1.51. The third kappa shape index (κ3) is 4.25. The van der Waals surface area contributed by atoms with Crippen LogP contribution >= 0.6 is 0 Å². The predicted octanol–water partition coefficient (Wildman–Crippen LogP) is 1.45. The number of aryl methyl sites for hydroxylation is 1. The van der Waals surface area contributed by atoms with Gasteiger partial charge in [-0.15, -0.1) is 0 Å². The van der Waals surface area contributed by atoms with Gasteiger partial charge < -0.3 is 15.0 Å². The van der Waals surface area contributed by atoms with Crippen molar-refractivity contribution in [2.24, 2.45) is 7.05 Å². The van der Waals surface area contributed by atoms with Crippen molar-refractivity contribution in [2.45, 2.75) is 6.42 Å². The summed E-state index contributed by atoms with van der Waals surface area (Å²) in [6, 6.07) is 5.15. The van der Waals surface area contributed by atoms with Crippen LogP contribution in [0.2, 0.25) is 0 Å². The Morgan fingerprint density at radius 2 is 2.32 bits per heavy atom. The highest BCUT2D eigenvalue weighted by Crippen LogP contribution is 2.20. The maximum atomic E-state index is 12.0. The minimum Gasteiger partial charge on any atom is -0.449 e. The zero-order chi connectivity index (χ0) is 17.6. The van der Waals surface area contributed by atoms with Crippen LogP contribution in [0.25, 0.3) is 11.3 Å². The van der Waals surface area contributed by atoms with Gasteiger partial charge in [0.15, 0.2) is 0 Å². The molecule has 1 aliphatic rings. The van der Waals surface area contributed by atoms with Crippen LogP contribution in [0.15, 0.2) is 30.6 Å². The Morgan fingerprint density at radius 3 is 3.08 bits per heavy atom. The Labute approximate surface area is 145 Å². The van der Waals surface area contributed by atoms with Gasteiger partial charge in [0, 0.05) is 50.7 Å². The summed E-state index contributed by atoms with van der Waals surface area (Å²) in [4.78, 5) is 29.2. The summed E-state index contributed by atoms with van der Waals surface area (Å²) in [6.45, 7) is 1.87. The van der Waals surface area contributed by atoms with Gasteiger partial charge in [0.05, 0.1) is 12.3 Å². The molecule has 3 amide bonds. The fraction of sp³-hybridized carbons (Fsp3) is 0.375. The lowest BCUT2D eigenvalue weighted by atomic mass is 10.2. The molecule has 1 fully saturated rings. The number of pyridine rings is 1. The van der Waals surface area contributed by atoms with Gasteiger partial charge in [-0.3, -0.25) is 15.0 Å². The Morgan fingerprint density at radius 1 is 1.44 bits per heavy atom. The van der Waals surface area contributed by atoms with E-state index < -0.39 is 0 Å². The molecule has 25 heavy (non-hydrogen) atoms. The highest BCUT2D eigenvalue weighted by atomic mass is 16.6. The van der Waals surface area contributed by atoms with Crippen molar-refractivity contribution in [1.82, 2.24) is 25.0 Å². The van der Waals surface area contributed by atoms with Crippen molar-refractivity contribution in [3.8, 4) is 11.3 Å². The lowest BCUT2D eigenvalue weighted by Crippen LogP contribution is -2.43. The zero-order valence-electron chi connectivity index (χ0n) is 13.9. The van der Waals surface area contributed by atoms with Crippen LogP contribution in [0.3, 0.4) is 0 Å². The quantitative estimate of drug-likeness (QED) is 0.855. The number of rotatable bonds is 5. The van der Waals surface area contributed by atoms with Crippen LogP contribution in [0.4, 0.5) is 15.4 Å². The fourth-order valence-corrected chi connectivity index (χ4v) is 2.51. The van der Waals surface area contributed by atoms with E-state index in [0.717, 1.165) is 17.7 Å². The molecule has 132 valence electrons. The number of carbonyl (C=O) groups is 2. The molecule has 0 bridgehead atoms. The molecule has 0 spiro atoms. The lowest BCUT2D eigenvalue weighted by molar-refractivity contribution is 0.0736. The van der Waals surface area contributed by atoms with Gasteiger partial charge in [0.25, 0.3) is 0 Å². The molecule has 9 heteroatoms. The van der Waals surface area contributed by atoms with E-state index in [9.17, 15) is 9.59 Å². The van der Waals surface area contributed by atoms with Gasteiger partial charge in [-0.25, -0.2) is 9.59 Å². The third-order valence-electron chi connectivity index (χ3n) is 3.80. The van der Waals surface area contributed by atoms with Crippen molar-refractivity contribution in [3.05, 3.63) is 30.6 Å². The SMILES string of the molecule is Cn1nc(-c2cccnc2)cc1NC(=O)NCCN1CCCOC1=O. The van der Waals surface area contributed by atoms with E-state index in [1.54, 1.807) is 35.1 Å². The van der Waals surface area contributed by atoms with E-state index in [1.807, 2.05) is 12.1 Å². The largest absolute Gasteiger partial charge is 0.449 e. The monoisotopic (exact) mass is 344 g/mol. The van der Waals surface area contributed by atoms with Crippen LogP contribution in [0.5, 0.6) is 0 Å². The van der Waals surface area contributed by atoms with Crippen molar-refractivity contribution in [3.63, 3.8) is 0 Å². The molecule has 3 heterocycles. The molecule has 0 atom stereocenters. The van der Waals surface area contributed by atoms with Crippen LogP contribution < -0.4 is 10.6 Å². The second kappa shape index (κ2) is 7.65. The van der Waals surface area contributed by atoms with Crippen molar-refractivity contribution in [1.29, 1.82) is 0 Å². The molecule has 2 aromatic heterocycles. The van der Waals surface area contributed by atoms with Crippen LogP contribution in [-0.4, -0.2) is 58.0 Å². The average Bonchev–Trinajstić information content (AvgIpc) is 2.98. The number of nitrogens with one attached hydrogen (secondary N) is 2. The molecule has 0 saturated carbocycles. The summed E-state index contributed by atoms with van der Waals surface area (Å²) in [7, 11) is 1.75. The van der Waals surface area contributed by atoms with Crippen LogP contribution in [0, 0.1) is 0 Å². The smallest absolute Gasteiger partial charge is 0.409 e. The molecule has 0 unspecified atom stereocenters. The highest BCUT2D eigenvalue weighted by Gasteiger charge is 2.19. The van der Waals surface area contributed by atoms with E-state index >= 15 is 0 Å². The number of anilines is 1. The second-order valence-corrected chi connectivity index (χ2v) is 5.62. The number of carbonyl (C=O) groups excluding carboxylic acids is 2. The molecule has 0 aromatic carbocycles. The minimum absolute atomic E-state index is 0.332. The second-order valence-electron chi connectivity index (χ2n) is 5.62. The number of cyclic esters (lactones) is 1. The fourth-order valence-electron chi connectivity index (χ4n) is 2.51. The third-order valence-corrected chi connectivity index (χ3v) is 3.80. The van der Waals surface area contributed by atoms with Crippen LogP contribution in [0.1, 0.15) is 6.42 Å². The van der Waals surface area contributed by atoms with Gasteiger partial charge in [0.1, 0.15) is 5.82 Å². The normalized spacial score (nSPS) is 14.1. The topological polar surface area (TPSA) is 101 Å². The Kier molecular flexibility index (Phi) is 5.12. The van der Waals surface area contributed by atoms with Gasteiger partial charge in [-0.05, 0) is 18.6 Å². The molecular weight excluding hydrogens is 324 g/mol. The molecule has 1 saturated heterocycles. The molecule has 1 aliphatic heterocycles. The lowest BCUT2D eigenvalue weighted by Gasteiger charge is -2.26. The maximum Gasteiger partial charge on any atom is 0.409 e. The summed E-state index contributed by atoms with van der Waals surface area (Å²) >= 11 is 0. The minimum atomic E-state index is -0.355. The van der Waals surface area contributed by atoms with Gasteiger partial charge in [-0.1, -0.05) is 0 Å². The standard InChI is InChI=1S/C16H20N6O3/c1-21-14(10-13(20-21)12-4-2-5-17-11-12)19-15(23)18-6-8-22-7-3-9-25-16(22)24/h2,4-5,10-11H,3,6-9H2,1H3,(H2,18,19,23). The number of hydrogen-bond acceptors (Lipinski definition) is 5. The summed E-state index contributed by atoms with van der Waals surface area (Å²) < 4.78 is 6.53. The summed E-state index contributed by atoms with van der Waals surface area (Å²) in [5.41, 5.74) is 1.59. The molecule has 3 rings (SSSR count). The van der Waals surface area contributed by atoms with Gasteiger partial charge in [-0.2, -0.15) is 5.10 Å². The Bertz CT molecular complexity index is 746. The number of ether oxygens (including phenoxy) is 1. The predicted molar refractivity (Wildman–Crippen MR) is 91.0 cm³/mol. The highest BCUT2D eigenvalue weighted by molar-refractivity contribution is 5.89. The molecule has 0 radical (unpaired) electrons. The first-order valence-corrected chi connectivity index (χ1v) is 8.04. The van der Waals surface area contributed by atoms with E-state index in [4.69, 9.17) is 4.74 Å². The molecular formula is C16H20N6O3. The van der Waals surface area contributed by atoms with Gasteiger partial charge >= 0.3 is 12.1 Å². The van der Waals surface area contributed by atoms with Gasteiger partial charge in [0.2, 0.25) is 0 Å². The molecule has 9 nitrogen and oxygen atoms in total. The number of amides is 3. The van der Waals surface area contributed by atoms with E-state index in [1.165, 1.54) is 0 Å². The number of aromatic nitrogens is 3. The number of urea groups is 1. The first kappa shape index (κ1) is 16.7.